The quantitative estimate of drug-likeness (QED) is 0.339. The molecule has 198 valence electrons. The first-order valence-corrected chi connectivity index (χ1v) is 13.5. The number of carboxylic acid groups (broad SMARTS) is 1. The molecule has 4 N–H and O–H groups in total. The number of aromatic nitrogens is 1. The Morgan fingerprint density at radius 3 is 2.24 bits per heavy atom. The van der Waals surface area contributed by atoms with Crippen LogP contribution >= 0.6 is 0 Å². The number of amides is 3. The van der Waals surface area contributed by atoms with E-state index in [9.17, 15) is 27.6 Å². The fraction of sp³-hybridized carbons (Fsp3) is 0.400. The third-order valence-electron chi connectivity index (χ3n) is 6.05. The van der Waals surface area contributed by atoms with Gasteiger partial charge in [0.05, 0.1) is 10.5 Å². The molecule has 1 heterocycles. The van der Waals surface area contributed by atoms with Gasteiger partial charge in [0.1, 0.15) is 12.2 Å². The van der Waals surface area contributed by atoms with Gasteiger partial charge in [-0.1, -0.05) is 31.4 Å². The third-order valence-corrected chi connectivity index (χ3v) is 7.40. The molecule has 0 unspecified atom stereocenters. The van der Waals surface area contributed by atoms with E-state index in [2.05, 4.69) is 15.6 Å². The van der Waals surface area contributed by atoms with E-state index in [0.717, 1.165) is 24.6 Å². The summed E-state index contributed by atoms with van der Waals surface area (Å²) in [6.07, 6.45) is 7.94. The van der Waals surface area contributed by atoms with Gasteiger partial charge in [-0.15, -0.1) is 0 Å². The number of pyridine rings is 1. The first-order chi connectivity index (χ1) is 17.6. The normalized spacial score (nSPS) is 13.9. The Hall–Kier alpha value is -3.80. The number of nitrogens with one attached hydrogen (secondary N) is 3. The molecule has 1 aliphatic rings. The average molecular weight is 531 g/mol. The van der Waals surface area contributed by atoms with Crippen LogP contribution in [0.15, 0.2) is 47.5 Å². The minimum atomic E-state index is -4.16. The molecule has 0 bridgehead atoms. The number of hydrogen-bond acceptors (Lipinski definition) is 7. The van der Waals surface area contributed by atoms with Crippen molar-refractivity contribution in [3.63, 3.8) is 0 Å². The molecule has 3 rings (SSSR count). The Morgan fingerprint density at radius 2 is 1.62 bits per heavy atom. The summed E-state index contributed by atoms with van der Waals surface area (Å²) in [6.45, 7) is -0.138. The van der Waals surface area contributed by atoms with Crippen molar-refractivity contribution in [2.75, 3.05) is 13.1 Å². The van der Waals surface area contributed by atoms with E-state index in [0.29, 0.717) is 25.3 Å². The molecule has 0 aliphatic heterocycles. The highest BCUT2D eigenvalue weighted by Gasteiger charge is 2.20. The topological polar surface area (TPSA) is 172 Å². The third kappa shape index (κ3) is 8.67. The number of carbonyl (C=O) groups is 4. The molecule has 0 spiro atoms. The minimum absolute atomic E-state index is 0.0391. The smallest absolute Gasteiger partial charge is 0.322 e. The Bertz CT molecular complexity index is 1220. The summed E-state index contributed by atoms with van der Waals surface area (Å²) in [7, 11) is -4.16. The predicted molar refractivity (Wildman–Crippen MR) is 133 cm³/mol. The summed E-state index contributed by atoms with van der Waals surface area (Å²) in [5.74, 6) is -2.40. The first kappa shape index (κ1) is 27.8. The fourth-order valence-corrected chi connectivity index (χ4v) is 5.03. The van der Waals surface area contributed by atoms with Crippen molar-refractivity contribution < 1.29 is 32.7 Å². The van der Waals surface area contributed by atoms with E-state index in [1.54, 1.807) is 12.1 Å². The molecule has 1 aromatic heterocycles. The van der Waals surface area contributed by atoms with E-state index in [4.69, 9.17) is 5.11 Å². The van der Waals surface area contributed by atoms with Gasteiger partial charge < -0.3 is 15.7 Å². The molecule has 11 nitrogen and oxygen atoms in total. The van der Waals surface area contributed by atoms with E-state index in [1.165, 1.54) is 43.5 Å². The van der Waals surface area contributed by atoms with Gasteiger partial charge in [0.2, 0.25) is 5.91 Å². The van der Waals surface area contributed by atoms with Gasteiger partial charge in [-0.3, -0.25) is 24.2 Å². The fourth-order valence-electron chi connectivity index (χ4n) is 4.06. The molecule has 1 saturated carbocycles. The highest BCUT2D eigenvalue weighted by atomic mass is 32.2. The van der Waals surface area contributed by atoms with E-state index < -0.39 is 34.4 Å². The Balaban J connectivity index is 1.49. The monoisotopic (exact) mass is 530 g/mol. The summed E-state index contributed by atoms with van der Waals surface area (Å²) in [4.78, 5) is 50.5. The van der Waals surface area contributed by atoms with Crippen LogP contribution in [-0.2, 0) is 26.0 Å². The molecule has 12 heteroatoms. The second-order valence-corrected chi connectivity index (χ2v) is 10.6. The second-order valence-electron chi connectivity index (χ2n) is 8.90. The van der Waals surface area contributed by atoms with E-state index in [1.807, 2.05) is 4.72 Å². The Kier molecular flexibility index (Phi) is 9.72. The molecule has 2 aromatic rings. The lowest BCUT2D eigenvalue weighted by molar-refractivity contribution is -0.135. The Labute approximate surface area is 215 Å². The Morgan fingerprint density at radius 1 is 0.919 bits per heavy atom. The summed E-state index contributed by atoms with van der Waals surface area (Å²) in [5.41, 5.74) is 0.615. The molecule has 3 amide bonds. The van der Waals surface area contributed by atoms with Gasteiger partial charge in [0.25, 0.3) is 21.8 Å². The van der Waals surface area contributed by atoms with Crippen molar-refractivity contribution in [3.05, 3.63) is 59.4 Å². The lowest BCUT2D eigenvalue weighted by Crippen LogP contribution is -2.31. The van der Waals surface area contributed by atoms with Crippen LogP contribution in [0.3, 0.4) is 0 Å². The van der Waals surface area contributed by atoms with E-state index >= 15 is 0 Å². The maximum Gasteiger partial charge on any atom is 0.322 e. The number of hydrogen-bond donors (Lipinski definition) is 4. The minimum Gasteiger partial charge on any atom is -0.480 e. The summed E-state index contributed by atoms with van der Waals surface area (Å²) >= 11 is 0. The van der Waals surface area contributed by atoms with Crippen LogP contribution in [0.2, 0.25) is 0 Å². The largest absolute Gasteiger partial charge is 0.480 e. The molecule has 0 saturated heterocycles. The number of benzene rings is 1. The van der Waals surface area contributed by atoms with Crippen molar-refractivity contribution >= 4 is 33.7 Å². The summed E-state index contributed by atoms with van der Waals surface area (Å²) < 4.78 is 27.2. The lowest BCUT2D eigenvalue weighted by Gasteiger charge is -2.20. The maximum absolute atomic E-state index is 12.6. The molecule has 1 fully saturated rings. The number of sulfonamides is 1. The lowest BCUT2D eigenvalue weighted by atomic mass is 9.87. The van der Waals surface area contributed by atoms with Crippen LogP contribution in [-0.4, -0.2) is 55.3 Å². The first-order valence-electron chi connectivity index (χ1n) is 12.0. The summed E-state index contributed by atoms with van der Waals surface area (Å²) in [6, 6.07) is 8.39. The number of carboxylic acids is 1. The van der Waals surface area contributed by atoms with Gasteiger partial charge in [0, 0.05) is 19.2 Å². The number of aliphatic carboxylic acids is 1. The van der Waals surface area contributed by atoms with Crippen LogP contribution < -0.4 is 15.4 Å². The molecule has 0 radical (unpaired) electrons. The summed E-state index contributed by atoms with van der Waals surface area (Å²) in [5, 5.41) is 13.6. The van der Waals surface area contributed by atoms with Crippen molar-refractivity contribution in [2.24, 2.45) is 5.92 Å². The van der Waals surface area contributed by atoms with Gasteiger partial charge in [-0.05, 0) is 55.0 Å². The molecular weight excluding hydrogens is 500 g/mol. The van der Waals surface area contributed by atoms with Crippen LogP contribution in [0.4, 0.5) is 0 Å². The van der Waals surface area contributed by atoms with Crippen LogP contribution in [0.5, 0.6) is 0 Å². The standard InChI is InChI=1S/C25H30N4O7S/c30-22(14-18-4-2-1-3-5-18)26-13-12-17-6-9-20(10-7-17)37(35,36)29-24(33)19-8-11-21(27-15-19)25(34)28-16-23(31)32/h6-11,15,18H,1-5,12-14,16H2,(H,26,30)(H,28,34)(H,29,33)(H,31,32). The average Bonchev–Trinajstić information content (AvgIpc) is 2.88. The molecule has 1 aromatic carbocycles. The molecule has 37 heavy (non-hydrogen) atoms. The number of carbonyl (C=O) groups excluding carboxylic acids is 3. The van der Waals surface area contributed by atoms with Crippen LogP contribution in [0.1, 0.15) is 64.9 Å². The van der Waals surface area contributed by atoms with Gasteiger partial charge in [0.15, 0.2) is 0 Å². The van der Waals surface area contributed by atoms with Crippen LogP contribution in [0.25, 0.3) is 0 Å². The number of rotatable bonds is 11. The maximum atomic E-state index is 12.6. The van der Waals surface area contributed by atoms with Gasteiger partial charge in [-0.2, -0.15) is 0 Å². The highest BCUT2D eigenvalue weighted by molar-refractivity contribution is 7.90. The van der Waals surface area contributed by atoms with Crippen molar-refractivity contribution in [2.45, 2.75) is 49.8 Å². The highest BCUT2D eigenvalue weighted by Crippen LogP contribution is 2.26. The van der Waals surface area contributed by atoms with E-state index in [-0.39, 0.29) is 22.1 Å². The number of nitrogens with zero attached hydrogens (tertiary/aromatic N) is 1. The van der Waals surface area contributed by atoms with Crippen molar-refractivity contribution in [1.82, 2.24) is 20.3 Å². The zero-order valence-electron chi connectivity index (χ0n) is 20.2. The SMILES string of the molecule is O=C(O)CNC(=O)c1ccc(C(=O)NS(=O)(=O)c2ccc(CCNC(=O)CC3CCCCC3)cc2)cn1. The zero-order valence-corrected chi connectivity index (χ0v) is 21.1. The van der Waals surface area contributed by atoms with Crippen molar-refractivity contribution in [1.29, 1.82) is 0 Å². The molecule has 0 atom stereocenters. The molecular formula is C25H30N4O7S. The predicted octanol–water partition coefficient (Wildman–Crippen LogP) is 1.64. The van der Waals surface area contributed by atoms with Gasteiger partial charge >= 0.3 is 5.97 Å². The molecule has 1 aliphatic carbocycles. The second kappa shape index (κ2) is 12.9. The zero-order chi connectivity index (χ0) is 26.8. The van der Waals surface area contributed by atoms with Crippen LogP contribution in [0, 0.1) is 5.92 Å². The van der Waals surface area contributed by atoms with Gasteiger partial charge in [-0.25, -0.2) is 13.1 Å². The van der Waals surface area contributed by atoms with Crippen molar-refractivity contribution in [3.8, 4) is 0 Å².